The van der Waals surface area contributed by atoms with Crippen molar-refractivity contribution < 1.29 is 0 Å². The van der Waals surface area contributed by atoms with Crippen molar-refractivity contribution in [1.82, 2.24) is 19.9 Å². The van der Waals surface area contributed by atoms with E-state index in [1.165, 1.54) is 0 Å². The SMILES string of the molecule is CNc1cccc(-c2ncc3[nH]cnc3n2)c1. The third-order valence-electron chi connectivity index (χ3n) is 2.58. The van der Waals surface area contributed by atoms with Crippen molar-refractivity contribution in [3.8, 4) is 11.4 Å². The number of imidazole rings is 1. The zero-order valence-electron chi connectivity index (χ0n) is 9.31. The van der Waals surface area contributed by atoms with Gasteiger partial charge < -0.3 is 10.3 Å². The minimum absolute atomic E-state index is 0.682. The highest BCUT2D eigenvalue weighted by Crippen LogP contribution is 2.19. The molecule has 1 aromatic carbocycles. The van der Waals surface area contributed by atoms with Gasteiger partial charge in [0.25, 0.3) is 0 Å². The first-order chi connectivity index (χ1) is 8.36. The van der Waals surface area contributed by atoms with Gasteiger partial charge in [-0.05, 0) is 12.1 Å². The highest BCUT2D eigenvalue weighted by atomic mass is 15.0. The number of aromatic amines is 1. The smallest absolute Gasteiger partial charge is 0.181 e. The Bertz CT molecular complexity index is 659. The molecule has 2 N–H and O–H groups in total. The second kappa shape index (κ2) is 3.86. The van der Waals surface area contributed by atoms with Crippen LogP contribution in [0.3, 0.4) is 0 Å². The van der Waals surface area contributed by atoms with E-state index in [4.69, 9.17) is 0 Å². The lowest BCUT2D eigenvalue weighted by atomic mass is 10.2. The summed E-state index contributed by atoms with van der Waals surface area (Å²) in [5.74, 6) is 0.682. The van der Waals surface area contributed by atoms with Crippen LogP contribution in [0.2, 0.25) is 0 Å². The first-order valence-electron chi connectivity index (χ1n) is 5.31. The molecule has 0 radical (unpaired) electrons. The van der Waals surface area contributed by atoms with Crippen molar-refractivity contribution in [2.45, 2.75) is 0 Å². The highest BCUT2D eigenvalue weighted by molar-refractivity contribution is 5.72. The van der Waals surface area contributed by atoms with Gasteiger partial charge in [0.05, 0.1) is 12.5 Å². The first kappa shape index (κ1) is 9.77. The van der Waals surface area contributed by atoms with Crippen LogP contribution >= 0.6 is 0 Å². The summed E-state index contributed by atoms with van der Waals surface area (Å²) < 4.78 is 0. The van der Waals surface area contributed by atoms with Crippen LogP contribution in [-0.4, -0.2) is 27.0 Å². The van der Waals surface area contributed by atoms with E-state index < -0.39 is 0 Å². The number of anilines is 1. The van der Waals surface area contributed by atoms with E-state index in [-0.39, 0.29) is 0 Å². The lowest BCUT2D eigenvalue weighted by Crippen LogP contribution is -1.92. The van der Waals surface area contributed by atoms with Crippen LogP contribution in [0, 0.1) is 0 Å². The Morgan fingerprint density at radius 2 is 2.18 bits per heavy atom. The van der Waals surface area contributed by atoms with Gasteiger partial charge in [-0.3, -0.25) is 0 Å². The molecule has 5 nitrogen and oxygen atoms in total. The van der Waals surface area contributed by atoms with E-state index in [1.807, 2.05) is 31.3 Å². The van der Waals surface area contributed by atoms with Crippen molar-refractivity contribution in [3.63, 3.8) is 0 Å². The standard InChI is InChI=1S/C12H11N5/c1-13-9-4-2-3-8(5-9)11-14-6-10-12(17-11)16-7-15-10/h2-7,13H,1H3,(H,14,15,16,17). The maximum absolute atomic E-state index is 4.40. The first-order valence-corrected chi connectivity index (χ1v) is 5.31. The number of fused-ring (bicyclic) bond motifs is 1. The van der Waals surface area contributed by atoms with E-state index in [9.17, 15) is 0 Å². The Kier molecular flexibility index (Phi) is 2.22. The molecule has 84 valence electrons. The molecule has 2 heterocycles. The Hall–Kier alpha value is -2.43. The number of nitrogens with zero attached hydrogens (tertiary/aromatic N) is 3. The minimum atomic E-state index is 0.682. The van der Waals surface area contributed by atoms with Crippen LogP contribution in [0.5, 0.6) is 0 Å². The molecule has 0 aliphatic heterocycles. The van der Waals surface area contributed by atoms with E-state index in [1.54, 1.807) is 12.5 Å². The molecule has 0 saturated heterocycles. The quantitative estimate of drug-likeness (QED) is 0.700. The Balaban J connectivity index is 2.12. The Morgan fingerprint density at radius 3 is 3.06 bits per heavy atom. The number of H-pyrrole nitrogens is 1. The molecule has 0 spiro atoms. The summed E-state index contributed by atoms with van der Waals surface area (Å²) in [5.41, 5.74) is 3.54. The van der Waals surface area contributed by atoms with E-state index in [0.717, 1.165) is 16.8 Å². The van der Waals surface area contributed by atoms with Crippen LogP contribution < -0.4 is 5.32 Å². The molecular formula is C12H11N5. The van der Waals surface area contributed by atoms with Gasteiger partial charge in [-0.15, -0.1) is 0 Å². The fraction of sp³-hybridized carbons (Fsp3) is 0.0833. The molecule has 5 heteroatoms. The summed E-state index contributed by atoms with van der Waals surface area (Å²) in [6, 6.07) is 7.96. The van der Waals surface area contributed by atoms with Gasteiger partial charge in [0.1, 0.15) is 5.52 Å². The minimum Gasteiger partial charge on any atom is -0.388 e. The molecular weight excluding hydrogens is 214 g/mol. The molecule has 0 saturated carbocycles. The van der Waals surface area contributed by atoms with Gasteiger partial charge in [0, 0.05) is 18.3 Å². The van der Waals surface area contributed by atoms with E-state index in [2.05, 4.69) is 25.3 Å². The van der Waals surface area contributed by atoms with E-state index in [0.29, 0.717) is 11.5 Å². The predicted molar refractivity (Wildman–Crippen MR) is 66.7 cm³/mol. The third-order valence-corrected chi connectivity index (χ3v) is 2.58. The topological polar surface area (TPSA) is 66.5 Å². The summed E-state index contributed by atoms with van der Waals surface area (Å²) >= 11 is 0. The van der Waals surface area contributed by atoms with Crippen LogP contribution in [0.15, 0.2) is 36.8 Å². The fourth-order valence-corrected chi connectivity index (χ4v) is 1.69. The molecule has 0 aliphatic rings. The Morgan fingerprint density at radius 1 is 1.24 bits per heavy atom. The zero-order valence-corrected chi connectivity index (χ0v) is 9.31. The summed E-state index contributed by atoms with van der Waals surface area (Å²) in [6.07, 6.45) is 3.36. The van der Waals surface area contributed by atoms with Gasteiger partial charge >= 0.3 is 0 Å². The molecule has 3 rings (SSSR count). The number of hydrogen-bond acceptors (Lipinski definition) is 4. The van der Waals surface area contributed by atoms with Crippen molar-refractivity contribution in [2.75, 3.05) is 12.4 Å². The van der Waals surface area contributed by atoms with Crippen molar-refractivity contribution >= 4 is 16.9 Å². The monoisotopic (exact) mass is 225 g/mol. The molecule has 0 amide bonds. The van der Waals surface area contributed by atoms with E-state index >= 15 is 0 Å². The van der Waals surface area contributed by atoms with Crippen molar-refractivity contribution in [1.29, 1.82) is 0 Å². The molecule has 0 aliphatic carbocycles. The number of aromatic nitrogens is 4. The maximum atomic E-state index is 4.40. The summed E-state index contributed by atoms with van der Waals surface area (Å²) in [6.45, 7) is 0. The number of hydrogen-bond donors (Lipinski definition) is 2. The van der Waals surface area contributed by atoms with Crippen LogP contribution in [0.1, 0.15) is 0 Å². The average molecular weight is 225 g/mol. The number of benzene rings is 1. The lowest BCUT2D eigenvalue weighted by Gasteiger charge is -2.03. The van der Waals surface area contributed by atoms with Crippen molar-refractivity contribution in [3.05, 3.63) is 36.8 Å². The summed E-state index contributed by atoms with van der Waals surface area (Å²) in [7, 11) is 1.89. The molecule has 0 unspecified atom stereocenters. The number of nitrogens with one attached hydrogen (secondary N) is 2. The van der Waals surface area contributed by atoms with Crippen LogP contribution in [-0.2, 0) is 0 Å². The maximum Gasteiger partial charge on any atom is 0.181 e. The molecule has 2 aromatic heterocycles. The van der Waals surface area contributed by atoms with Gasteiger partial charge in [0.2, 0.25) is 0 Å². The van der Waals surface area contributed by atoms with Crippen LogP contribution in [0.4, 0.5) is 5.69 Å². The third kappa shape index (κ3) is 1.71. The molecule has 0 bridgehead atoms. The zero-order chi connectivity index (χ0) is 11.7. The van der Waals surface area contributed by atoms with Gasteiger partial charge in [0.15, 0.2) is 11.5 Å². The normalized spacial score (nSPS) is 10.6. The summed E-state index contributed by atoms with van der Waals surface area (Å²) in [4.78, 5) is 15.8. The average Bonchev–Trinajstić information content (AvgIpc) is 2.86. The second-order valence-electron chi connectivity index (χ2n) is 3.66. The number of rotatable bonds is 2. The molecule has 3 aromatic rings. The van der Waals surface area contributed by atoms with Crippen molar-refractivity contribution in [2.24, 2.45) is 0 Å². The largest absolute Gasteiger partial charge is 0.388 e. The predicted octanol–water partition coefficient (Wildman–Crippen LogP) is 2.06. The molecule has 17 heavy (non-hydrogen) atoms. The summed E-state index contributed by atoms with van der Waals surface area (Å²) in [5, 5.41) is 3.09. The van der Waals surface area contributed by atoms with Gasteiger partial charge in [-0.2, -0.15) is 0 Å². The molecule has 0 atom stereocenters. The highest BCUT2D eigenvalue weighted by Gasteiger charge is 2.04. The van der Waals surface area contributed by atoms with Gasteiger partial charge in [-0.1, -0.05) is 12.1 Å². The fourth-order valence-electron chi connectivity index (χ4n) is 1.69. The Labute approximate surface area is 98.0 Å². The molecule has 0 fully saturated rings. The van der Waals surface area contributed by atoms with Gasteiger partial charge in [-0.25, -0.2) is 15.0 Å². The van der Waals surface area contributed by atoms with Crippen LogP contribution in [0.25, 0.3) is 22.6 Å². The second-order valence-corrected chi connectivity index (χ2v) is 3.66. The lowest BCUT2D eigenvalue weighted by molar-refractivity contribution is 1.20.